The summed E-state index contributed by atoms with van der Waals surface area (Å²) in [4.78, 5) is 22.9. The molecule has 0 spiro atoms. The number of hydrogen-bond donors (Lipinski definition) is 1. The second kappa shape index (κ2) is 6.90. The van der Waals surface area contributed by atoms with E-state index < -0.39 is 4.92 Å². The van der Waals surface area contributed by atoms with Crippen molar-refractivity contribution in [2.75, 3.05) is 0 Å². The SMILES string of the molecule is O=C(NN=Cc1cccc(Br)c1)c1cc2cc([N+](=O)[O-])ccc2s1. The molecule has 1 amide bonds. The van der Waals surface area contributed by atoms with Crippen LogP contribution in [0.1, 0.15) is 15.2 Å². The van der Waals surface area contributed by atoms with Crippen molar-refractivity contribution in [3.8, 4) is 0 Å². The molecule has 0 bridgehead atoms. The van der Waals surface area contributed by atoms with Crippen LogP contribution in [0.15, 0.2) is 58.1 Å². The quantitative estimate of drug-likeness (QED) is 0.399. The standard InChI is InChI=1S/C16H10BrN3O3S/c17-12-3-1-2-10(6-12)9-18-19-16(21)15-8-11-7-13(20(22)23)4-5-14(11)24-15/h1-9H,(H,19,21). The molecule has 24 heavy (non-hydrogen) atoms. The maximum atomic E-state index is 12.1. The van der Waals surface area contributed by atoms with Crippen LogP contribution in [0.5, 0.6) is 0 Å². The van der Waals surface area contributed by atoms with Gasteiger partial charge < -0.3 is 0 Å². The average molecular weight is 404 g/mol. The van der Waals surface area contributed by atoms with Crippen molar-refractivity contribution in [3.63, 3.8) is 0 Å². The van der Waals surface area contributed by atoms with Crippen LogP contribution in [0.25, 0.3) is 10.1 Å². The summed E-state index contributed by atoms with van der Waals surface area (Å²) in [6, 6.07) is 13.6. The number of benzene rings is 2. The molecule has 120 valence electrons. The van der Waals surface area contributed by atoms with Crippen molar-refractivity contribution in [1.82, 2.24) is 5.43 Å². The van der Waals surface area contributed by atoms with Crippen molar-refractivity contribution in [3.05, 3.63) is 73.6 Å². The van der Waals surface area contributed by atoms with Crippen LogP contribution in [0.2, 0.25) is 0 Å². The van der Waals surface area contributed by atoms with Gasteiger partial charge in [0.15, 0.2) is 0 Å². The van der Waals surface area contributed by atoms with Crippen LogP contribution >= 0.6 is 27.3 Å². The molecule has 0 saturated heterocycles. The number of carbonyl (C=O) groups is 1. The van der Waals surface area contributed by atoms with Gasteiger partial charge in [-0.25, -0.2) is 5.43 Å². The molecule has 0 aliphatic rings. The highest BCUT2D eigenvalue weighted by Crippen LogP contribution is 2.28. The second-order valence-corrected chi connectivity index (χ2v) is 6.84. The number of rotatable bonds is 4. The van der Waals surface area contributed by atoms with Crippen molar-refractivity contribution in [1.29, 1.82) is 0 Å². The minimum Gasteiger partial charge on any atom is -0.266 e. The first-order valence-corrected chi connectivity index (χ1v) is 8.41. The third-order valence-corrected chi connectivity index (χ3v) is 4.77. The lowest BCUT2D eigenvalue weighted by Crippen LogP contribution is -2.16. The summed E-state index contributed by atoms with van der Waals surface area (Å²) in [6.07, 6.45) is 1.54. The van der Waals surface area contributed by atoms with Crippen LogP contribution < -0.4 is 5.43 Å². The first-order chi connectivity index (χ1) is 11.5. The molecule has 0 unspecified atom stereocenters. The van der Waals surface area contributed by atoms with E-state index in [0.29, 0.717) is 10.3 Å². The molecule has 1 aromatic heterocycles. The van der Waals surface area contributed by atoms with Gasteiger partial charge in [-0.05, 0) is 29.8 Å². The Morgan fingerprint density at radius 3 is 2.83 bits per heavy atom. The van der Waals surface area contributed by atoms with Gasteiger partial charge in [0.05, 0.1) is 16.0 Å². The fourth-order valence-corrected chi connectivity index (χ4v) is 3.41. The molecule has 0 radical (unpaired) electrons. The number of nitrogens with zero attached hydrogens (tertiary/aromatic N) is 2. The summed E-state index contributed by atoms with van der Waals surface area (Å²) in [5, 5.41) is 15.4. The summed E-state index contributed by atoms with van der Waals surface area (Å²) in [6.45, 7) is 0. The molecule has 8 heteroatoms. The Hall–Kier alpha value is -2.58. The first kappa shape index (κ1) is 16.3. The molecular weight excluding hydrogens is 394 g/mol. The summed E-state index contributed by atoms with van der Waals surface area (Å²) in [7, 11) is 0. The van der Waals surface area contributed by atoms with E-state index in [2.05, 4.69) is 26.5 Å². The number of hydrazone groups is 1. The smallest absolute Gasteiger partial charge is 0.266 e. The monoisotopic (exact) mass is 403 g/mol. The number of halogens is 1. The highest BCUT2D eigenvalue weighted by Gasteiger charge is 2.12. The Morgan fingerprint density at radius 1 is 1.25 bits per heavy atom. The van der Waals surface area contributed by atoms with Crippen molar-refractivity contribution in [2.45, 2.75) is 0 Å². The molecule has 0 fully saturated rings. The minimum absolute atomic E-state index is 0.0000616. The highest BCUT2D eigenvalue weighted by atomic mass is 79.9. The van der Waals surface area contributed by atoms with Gasteiger partial charge in [0.2, 0.25) is 0 Å². The Morgan fingerprint density at radius 2 is 2.08 bits per heavy atom. The van der Waals surface area contributed by atoms with Gasteiger partial charge in [-0.2, -0.15) is 5.10 Å². The van der Waals surface area contributed by atoms with E-state index in [0.717, 1.165) is 14.7 Å². The topological polar surface area (TPSA) is 84.6 Å². The maximum Gasteiger partial charge on any atom is 0.281 e. The third kappa shape index (κ3) is 3.66. The number of nitrogens with one attached hydrogen (secondary N) is 1. The van der Waals surface area contributed by atoms with Crippen LogP contribution in [-0.2, 0) is 0 Å². The Bertz CT molecular complexity index is 968. The number of non-ortho nitro benzene ring substituents is 1. The second-order valence-electron chi connectivity index (χ2n) is 4.84. The lowest BCUT2D eigenvalue weighted by atomic mass is 10.2. The van der Waals surface area contributed by atoms with Gasteiger partial charge >= 0.3 is 0 Å². The van der Waals surface area contributed by atoms with Gasteiger partial charge in [0.1, 0.15) is 0 Å². The van der Waals surface area contributed by atoms with E-state index in [-0.39, 0.29) is 11.6 Å². The van der Waals surface area contributed by atoms with Crippen LogP contribution in [0.3, 0.4) is 0 Å². The van der Waals surface area contributed by atoms with Crippen LogP contribution in [0, 0.1) is 10.1 Å². The van der Waals surface area contributed by atoms with Gasteiger partial charge in [-0.15, -0.1) is 11.3 Å². The summed E-state index contributed by atoms with van der Waals surface area (Å²) < 4.78 is 1.73. The van der Waals surface area contributed by atoms with E-state index >= 15 is 0 Å². The fourth-order valence-electron chi connectivity index (χ4n) is 2.06. The molecule has 6 nitrogen and oxygen atoms in total. The lowest BCUT2D eigenvalue weighted by Gasteiger charge is -1.96. The molecule has 2 aromatic carbocycles. The molecule has 0 saturated carbocycles. The summed E-state index contributed by atoms with van der Waals surface area (Å²) >= 11 is 4.62. The summed E-state index contributed by atoms with van der Waals surface area (Å²) in [5.41, 5.74) is 3.30. The molecule has 0 aliphatic heterocycles. The first-order valence-electron chi connectivity index (χ1n) is 6.80. The Labute approximate surface area is 149 Å². The van der Waals surface area contributed by atoms with E-state index in [4.69, 9.17) is 0 Å². The average Bonchev–Trinajstić information content (AvgIpc) is 2.98. The number of amides is 1. The predicted octanol–water partition coefficient (Wildman–Crippen LogP) is 4.34. The number of nitro groups is 1. The van der Waals surface area contributed by atoms with Crippen molar-refractivity contribution >= 4 is 55.2 Å². The molecule has 3 rings (SSSR count). The number of carbonyl (C=O) groups excluding carboxylic acids is 1. The zero-order valence-electron chi connectivity index (χ0n) is 12.1. The zero-order chi connectivity index (χ0) is 17.1. The number of nitro benzene ring substituents is 1. The summed E-state index contributed by atoms with van der Waals surface area (Å²) in [5.74, 6) is -0.356. The number of thiophene rings is 1. The molecule has 1 N–H and O–H groups in total. The van der Waals surface area contributed by atoms with Gasteiger partial charge in [-0.3, -0.25) is 14.9 Å². The molecule has 1 heterocycles. The van der Waals surface area contributed by atoms with Crippen LogP contribution in [0.4, 0.5) is 5.69 Å². The Kier molecular flexibility index (Phi) is 4.68. The minimum atomic E-state index is -0.459. The fraction of sp³-hybridized carbons (Fsp3) is 0. The molecule has 0 aliphatic carbocycles. The largest absolute Gasteiger partial charge is 0.281 e. The highest BCUT2D eigenvalue weighted by molar-refractivity contribution is 9.10. The van der Waals surface area contributed by atoms with E-state index in [1.54, 1.807) is 18.3 Å². The van der Waals surface area contributed by atoms with Gasteiger partial charge in [0.25, 0.3) is 11.6 Å². The zero-order valence-corrected chi connectivity index (χ0v) is 14.5. The lowest BCUT2D eigenvalue weighted by molar-refractivity contribution is -0.384. The van der Waals surface area contributed by atoms with Crippen molar-refractivity contribution < 1.29 is 9.72 Å². The van der Waals surface area contributed by atoms with Crippen LogP contribution in [-0.4, -0.2) is 17.0 Å². The van der Waals surface area contributed by atoms with Gasteiger partial charge in [-0.1, -0.05) is 28.1 Å². The molecular formula is C16H10BrN3O3S. The Balaban J connectivity index is 1.75. The van der Waals surface area contributed by atoms with E-state index in [1.807, 2.05) is 24.3 Å². The third-order valence-electron chi connectivity index (χ3n) is 3.16. The normalized spacial score (nSPS) is 11.0. The number of hydrogen-bond acceptors (Lipinski definition) is 5. The van der Waals surface area contributed by atoms with E-state index in [9.17, 15) is 14.9 Å². The number of fused-ring (bicyclic) bond motifs is 1. The maximum absolute atomic E-state index is 12.1. The van der Waals surface area contributed by atoms with Gasteiger partial charge in [0, 0.05) is 26.7 Å². The molecule has 3 aromatic rings. The van der Waals surface area contributed by atoms with Crippen molar-refractivity contribution in [2.24, 2.45) is 5.10 Å². The molecule has 0 atom stereocenters. The predicted molar refractivity (Wildman–Crippen MR) is 97.7 cm³/mol. The van der Waals surface area contributed by atoms with E-state index in [1.165, 1.54) is 23.5 Å².